The Kier molecular flexibility index (Phi) is 4.59. The van der Waals surface area contributed by atoms with Crippen molar-refractivity contribution >= 4 is 23.1 Å². The molecule has 0 saturated heterocycles. The van der Waals surface area contributed by atoms with Crippen LogP contribution >= 0.6 is 0 Å². The summed E-state index contributed by atoms with van der Waals surface area (Å²) in [6.07, 6.45) is 3.09. The minimum atomic E-state index is 0.0778. The van der Waals surface area contributed by atoms with E-state index in [2.05, 4.69) is 25.6 Å². The van der Waals surface area contributed by atoms with E-state index in [1.54, 1.807) is 29.1 Å². The summed E-state index contributed by atoms with van der Waals surface area (Å²) >= 11 is 0. The molecule has 0 radical (unpaired) electrons. The Balaban J connectivity index is 1.66. The summed E-state index contributed by atoms with van der Waals surface area (Å²) in [5.41, 5.74) is 6.14. The summed E-state index contributed by atoms with van der Waals surface area (Å²) < 4.78 is 6.89. The second-order valence-corrected chi connectivity index (χ2v) is 6.05. The number of aromatic nitrogens is 4. The molecule has 8 nitrogen and oxygen atoms in total. The predicted octanol–water partition coefficient (Wildman–Crippen LogP) is 3.28. The van der Waals surface area contributed by atoms with Gasteiger partial charge in [-0.15, -0.1) is 0 Å². The maximum atomic E-state index is 9.67. The van der Waals surface area contributed by atoms with Crippen molar-refractivity contribution in [2.45, 2.75) is 6.92 Å². The van der Waals surface area contributed by atoms with Gasteiger partial charge in [0.1, 0.15) is 6.33 Å². The molecule has 4 rings (SSSR count). The molecule has 0 atom stereocenters. The van der Waals surface area contributed by atoms with Crippen molar-refractivity contribution in [3.63, 3.8) is 0 Å². The van der Waals surface area contributed by atoms with Gasteiger partial charge in [0, 0.05) is 0 Å². The zero-order valence-corrected chi connectivity index (χ0v) is 15.4. The number of rotatable bonds is 5. The summed E-state index contributed by atoms with van der Waals surface area (Å²) in [5.74, 6) is 1.02. The molecule has 0 bridgehead atoms. The third kappa shape index (κ3) is 3.23. The lowest BCUT2D eigenvalue weighted by Crippen LogP contribution is -1.99. The quantitative estimate of drug-likeness (QED) is 0.411. The Bertz CT molecular complexity index is 1150. The topological polar surface area (TPSA) is 97.5 Å². The molecule has 0 aliphatic heterocycles. The van der Waals surface area contributed by atoms with Gasteiger partial charge >= 0.3 is 0 Å². The molecule has 28 heavy (non-hydrogen) atoms. The number of fused-ring (bicyclic) bond motifs is 1. The molecule has 0 saturated carbocycles. The number of hydrazone groups is 1. The first-order valence-corrected chi connectivity index (χ1v) is 8.59. The van der Waals surface area contributed by atoms with E-state index >= 15 is 0 Å². The molecular formula is C20H18N6O2. The van der Waals surface area contributed by atoms with E-state index in [-0.39, 0.29) is 5.75 Å². The Labute approximate surface area is 161 Å². The standard InChI is InChI=1S/C20H18N6O2/c1-13-18-19(24-23-11-14-8-9-16(27)17(10-14)28-2)21-12-22-20(18)26(25-13)15-6-4-3-5-7-15/h3-12,27H,1-2H3,(H,21,22,24)/b23-11+. The molecule has 0 unspecified atom stereocenters. The highest BCUT2D eigenvalue weighted by Crippen LogP contribution is 2.26. The highest BCUT2D eigenvalue weighted by Gasteiger charge is 2.14. The van der Waals surface area contributed by atoms with Crippen molar-refractivity contribution in [2.75, 3.05) is 12.5 Å². The average Bonchev–Trinajstić information content (AvgIpc) is 3.07. The minimum Gasteiger partial charge on any atom is -0.504 e. The van der Waals surface area contributed by atoms with Crippen LogP contribution in [0.5, 0.6) is 11.5 Å². The van der Waals surface area contributed by atoms with Crippen LogP contribution in [0.1, 0.15) is 11.3 Å². The molecule has 2 aromatic carbocycles. The molecule has 4 aromatic rings. The first-order valence-electron chi connectivity index (χ1n) is 8.59. The SMILES string of the molecule is COc1cc(/C=N/Nc2ncnc3c2c(C)nn3-c2ccccc2)ccc1O. The van der Waals surface area contributed by atoms with E-state index in [0.29, 0.717) is 17.2 Å². The van der Waals surface area contributed by atoms with E-state index < -0.39 is 0 Å². The van der Waals surface area contributed by atoms with Crippen LogP contribution in [0.3, 0.4) is 0 Å². The molecular weight excluding hydrogens is 356 g/mol. The fraction of sp³-hybridized carbons (Fsp3) is 0.100. The highest BCUT2D eigenvalue weighted by atomic mass is 16.5. The molecule has 0 fully saturated rings. The molecule has 2 N–H and O–H groups in total. The van der Waals surface area contributed by atoms with Gasteiger partial charge in [-0.3, -0.25) is 5.43 Å². The van der Waals surface area contributed by atoms with Gasteiger partial charge in [-0.1, -0.05) is 18.2 Å². The number of anilines is 1. The number of hydrogen-bond acceptors (Lipinski definition) is 7. The van der Waals surface area contributed by atoms with Gasteiger partial charge in [-0.05, 0) is 42.8 Å². The lowest BCUT2D eigenvalue weighted by Gasteiger charge is -2.04. The van der Waals surface area contributed by atoms with Crippen molar-refractivity contribution in [3.05, 3.63) is 66.1 Å². The molecule has 2 heterocycles. The third-order valence-corrected chi connectivity index (χ3v) is 4.23. The van der Waals surface area contributed by atoms with Gasteiger partial charge in [-0.25, -0.2) is 14.6 Å². The van der Waals surface area contributed by atoms with Crippen LogP contribution in [-0.4, -0.2) is 38.2 Å². The normalized spacial score (nSPS) is 11.2. The van der Waals surface area contributed by atoms with Crippen LogP contribution in [0, 0.1) is 6.92 Å². The van der Waals surface area contributed by atoms with E-state index in [0.717, 1.165) is 22.3 Å². The Morgan fingerprint density at radius 3 is 2.75 bits per heavy atom. The molecule has 0 aliphatic carbocycles. The Morgan fingerprint density at radius 1 is 1.14 bits per heavy atom. The summed E-state index contributed by atoms with van der Waals surface area (Å²) in [4.78, 5) is 8.69. The average molecular weight is 374 g/mol. The number of phenolic OH excluding ortho intramolecular Hbond substituents is 1. The van der Waals surface area contributed by atoms with Gasteiger partial charge in [0.25, 0.3) is 0 Å². The first kappa shape index (κ1) is 17.5. The molecule has 0 amide bonds. The molecule has 8 heteroatoms. The zero-order valence-electron chi connectivity index (χ0n) is 15.4. The van der Waals surface area contributed by atoms with Crippen LogP contribution < -0.4 is 10.2 Å². The number of ether oxygens (including phenoxy) is 1. The Hall–Kier alpha value is -3.94. The lowest BCUT2D eigenvalue weighted by atomic mass is 10.2. The van der Waals surface area contributed by atoms with Gasteiger partial charge in [0.2, 0.25) is 0 Å². The number of para-hydroxylation sites is 1. The van der Waals surface area contributed by atoms with E-state index in [1.165, 1.54) is 13.4 Å². The Morgan fingerprint density at radius 2 is 1.96 bits per heavy atom. The third-order valence-electron chi connectivity index (χ3n) is 4.23. The monoisotopic (exact) mass is 374 g/mol. The number of aryl methyl sites for hydroxylation is 1. The number of nitrogens with zero attached hydrogens (tertiary/aromatic N) is 5. The van der Waals surface area contributed by atoms with Gasteiger partial charge in [0.05, 0.1) is 30.1 Å². The minimum absolute atomic E-state index is 0.0778. The second-order valence-electron chi connectivity index (χ2n) is 6.05. The largest absolute Gasteiger partial charge is 0.504 e. The maximum Gasteiger partial charge on any atom is 0.168 e. The van der Waals surface area contributed by atoms with Crippen molar-refractivity contribution in [1.29, 1.82) is 0 Å². The van der Waals surface area contributed by atoms with Gasteiger partial charge in [-0.2, -0.15) is 10.2 Å². The van der Waals surface area contributed by atoms with Crippen molar-refractivity contribution in [2.24, 2.45) is 5.10 Å². The fourth-order valence-corrected chi connectivity index (χ4v) is 2.89. The molecule has 140 valence electrons. The van der Waals surface area contributed by atoms with Crippen molar-refractivity contribution < 1.29 is 9.84 Å². The smallest absolute Gasteiger partial charge is 0.168 e. The highest BCUT2D eigenvalue weighted by molar-refractivity contribution is 5.90. The van der Waals surface area contributed by atoms with Gasteiger partial charge < -0.3 is 9.84 Å². The van der Waals surface area contributed by atoms with Crippen LogP contribution in [-0.2, 0) is 0 Å². The zero-order chi connectivity index (χ0) is 19.5. The van der Waals surface area contributed by atoms with Crippen LogP contribution in [0.25, 0.3) is 16.7 Å². The number of nitrogens with one attached hydrogen (secondary N) is 1. The number of phenols is 1. The number of benzene rings is 2. The van der Waals surface area contributed by atoms with Crippen LogP contribution in [0.2, 0.25) is 0 Å². The second kappa shape index (κ2) is 7.36. The fourth-order valence-electron chi connectivity index (χ4n) is 2.89. The van der Waals surface area contributed by atoms with E-state index in [9.17, 15) is 5.11 Å². The van der Waals surface area contributed by atoms with Crippen molar-refractivity contribution in [1.82, 2.24) is 19.7 Å². The van der Waals surface area contributed by atoms with E-state index in [1.807, 2.05) is 37.3 Å². The number of aromatic hydroxyl groups is 1. The summed E-state index contributed by atoms with van der Waals surface area (Å²) in [5, 5.41) is 19.3. The van der Waals surface area contributed by atoms with E-state index in [4.69, 9.17) is 4.74 Å². The predicted molar refractivity (Wildman–Crippen MR) is 107 cm³/mol. The molecule has 0 spiro atoms. The van der Waals surface area contributed by atoms with Crippen molar-refractivity contribution in [3.8, 4) is 17.2 Å². The molecule has 2 aromatic heterocycles. The number of hydrogen-bond donors (Lipinski definition) is 2. The first-order chi connectivity index (χ1) is 13.7. The maximum absolute atomic E-state index is 9.67. The summed E-state index contributed by atoms with van der Waals surface area (Å²) in [6.45, 7) is 1.91. The summed E-state index contributed by atoms with van der Waals surface area (Å²) in [7, 11) is 1.50. The van der Waals surface area contributed by atoms with Gasteiger partial charge in [0.15, 0.2) is 23.0 Å². The van der Waals surface area contributed by atoms with Crippen LogP contribution in [0.4, 0.5) is 5.82 Å². The van der Waals surface area contributed by atoms with Crippen LogP contribution in [0.15, 0.2) is 60.0 Å². The molecule has 0 aliphatic rings. The number of methoxy groups -OCH3 is 1. The lowest BCUT2D eigenvalue weighted by molar-refractivity contribution is 0.373. The summed E-state index contributed by atoms with van der Waals surface area (Å²) in [6, 6.07) is 14.8.